The maximum absolute atomic E-state index is 13.3. The van der Waals surface area contributed by atoms with E-state index in [0.717, 1.165) is 36.4 Å². The van der Waals surface area contributed by atoms with E-state index >= 15 is 0 Å². The molecular weight excluding hydrogens is 499 g/mol. The number of amides is 4. The Morgan fingerprint density at radius 3 is 2.43 bits per heavy atom. The van der Waals surface area contributed by atoms with Crippen LogP contribution in [0.25, 0.3) is 6.08 Å². The number of urea groups is 1. The summed E-state index contributed by atoms with van der Waals surface area (Å²) in [5.41, 5.74) is 1.79. The summed E-state index contributed by atoms with van der Waals surface area (Å²) in [6, 6.07) is 8.60. The first-order chi connectivity index (χ1) is 17.7. The van der Waals surface area contributed by atoms with Gasteiger partial charge in [0.05, 0.1) is 17.8 Å². The molecule has 0 spiro atoms. The number of likely N-dealkylation sites (tertiary alicyclic amines) is 1. The van der Waals surface area contributed by atoms with Crippen molar-refractivity contribution in [1.29, 1.82) is 0 Å². The molecule has 37 heavy (non-hydrogen) atoms. The maximum atomic E-state index is 13.3. The average molecular weight is 527 g/mol. The molecule has 2 aromatic carbocycles. The molecule has 8 nitrogen and oxygen atoms in total. The number of fused-ring (bicyclic) bond motifs is 2. The summed E-state index contributed by atoms with van der Waals surface area (Å²) in [5.74, 6) is -0.411. The van der Waals surface area contributed by atoms with Gasteiger partial charge in [-0.15, -0.1) is 0 Å². The topological polar surface area (TPSA) is 82.2 Å². The van der Waals surface area contributed by atoms with Gasteiger partial charge in [-0.1, -0.05) is 23.7 Å². The van der Waals surface area contributed by atoms with Gasteiger partial charge in [0.1, 0.15) is 17.6 Å². The average Bonchev–Trinajstić information content (AvgIpc) is 3.29. The monoisotopic (exact) mass is 526 g/mol. The Kier molecular flexibility index (Phi) is 6.92. The number of imide groups is 1. The molecule has 0 aliphatic carbocycles. The number of nitrogens with one attached hydrogen (secondary N) is 1. The smallest absolute Gasteiger partial charge is 0.329 e. The number of hydrogen-bond donors (Lipinski definition) is 1. The zero-order valence-electron chi connectivity index (χ0n) is 20.6. The second kappa shape index (κ2) is 10.1. The van der Waals surface area contributed by atoms with Gasteiger partial charge in [-0.3, -0.25) is 14.5 Å². The van der Waals surface area contributed by atoms with E-state index in [1.807, 2.05) is 4.90 Å². The first kappa shape index (κ1) is 25.2. The summed E-state index contributed by atoms with van der Waals surface area (Å²) >= 11 is 6.30. The summed E-state index contributed by atoms with van der Waals surface area (Å²) in [7, 11) is 1.47. The second-order valence-corrected chi connectivity index (χ2v) is 10.1. The van der Waals surface area contributed by atoms with Gasteiger partial charge in [0.2, 0.25) is 5.91 Å². The zero-order chi connectivity index (χ0) is 26.3. The van der Waals surface area contributed by atoms with E-state index in [2.05, 4.69) is 10.2 Å². The van der Waals surface area contributed by atoms with Crippen LogP contribution >= 0.6 is 11.6 Å². The minimum atomic E-state index is -0.659. The van der Waals surface area contributed by atoms with Crippen molar-refractivity contribution in [2.24, 2.45) is 0 Å². The van der Waals surface area contributed by atoms with E-state index < -0.39 is 18.0 Å². The van der Waals surface area contributed by atoms with E-state index in [-0.39, 0.29) is 34.5 Å². The fraction of sp³-hybridized carbons (Fsp3) is 0.370. The summed E-state index contributed by atoms with van der Waals surface area (Å²) in [6.07, 6.45) is 4.93. The number of anilines is 1. The summed E-state index contributed by atoms with van der Waals surface area (Å²) < 4.78 is 18.6. The van der Waals surface area contributed by atoms with Crippen LogP contribution in [-0.2, 0) is 16.1 Å². The lowest BCUT2D eigenvalue weighted by Crippen LogP contribution is -2.55. The number of hydrogen-bond acceptors (Lipinski definition) is 5. The van der Waals surface area contributed by atoms with Crippen LogP contribution in [-0.4, -0.2) is 66.0 Å². The normalized spacial score (nSPS) is 23.7. The number of piperazine rings is 1. The van der Waals surface area contributed by atoms with Crippen LogP contribution in [0.5, 0.6) is 5.75 Å². The molecule has 10 heteroatoms. The van der Waals surface area contributed by atoms with Gasteiger partial charge in [0, 0.05) is 43.4 Å². The number of rotatable bonds is 6. The van der Waals surface area contributed by atoms with E-state index in [9.17, 15) is 18.8 Å². The number of halogens is 2. The molecule has 4 amide bonds. The third kappa shape index (κ3) is 4.93. The van der Waals surface area contributed by atoms with E-state index in [0.29, 0.717) is 17.9 Å². The number of carbonyl (C=O) groups is 3. The van der Waals surface area contributed by atoms with Crippen LogP contribution in [0.4, 0.5) is 14.9 Å². The molecule has 1 N–H and O–H groups in total. The van der Waals surface area contributed by atoms with Crippen molar-refractivity contribution in [3.63, 3.8) is 0 Å². The molecule has 3 aliphatic rings. The second-order valence-electron chi connectivity index (χ2n) is 9.67. The Bertz CT molecular complexity index is 1250. The summed E-state index contributed by atoms with van der Waals surface area (Å²) in [5, 5.41) is 2.84. The largest absolute Gasteiger partial charge is 0.495 e. The van der Waals surface area contributed by atoms with E-state index in [1.54, 1.807) is 31.2 Å². The lowest BCUT2D eigenvalue weighted by atomic mass is 10.1. The molecule has 0 radical (unpaired) electrons. The van der Waals surface area contributed by atoms with Crippen molar-refractivity contribution in [1.82, 2.24) is 15.1 Å². The quantitative estimate of drug-likeness (QED) is 0.457. The first-order valence-electron chi connectivity index (χ1n) is 12.2. The number of nitrogens with zero attached hydrogens (tertiary/aromatic N) is 3. The third-order valence-electron chi connectivity index (χ3n) is 7.21. The molecule has 3 heterocycles. The van der Waals surface area contributed by atoms with E-state index in [1.165, 1.54) is 31.4 Å². The Balaban J connectivity index is 1.34. The van der Waals surface area contributed by atoms with Crippen LogP contribution in [0.1, 0.15) is 30.9 Å². The highest BCUT2D eigenvalue weighted by Gasteiger charge is 2.42. The molecule has 0 aromatic heterocycles. The lowest BCUT2D eigenvalue weighted by Gasteiger charge is -2.40. The molecule has 0 saturated carbocycles. The van der Waals surface area contributed by atoms with Gasteiger partial charge < -0.3 is 15.0 Å². The molecule has 3 saturated heterocycles. The van der Waals surface area contributed by atoms with Gasteiger partial charge in [0.15, 0.2) is 0 Å². The predicted octanol–water partition coefficient (Wildman–Crippen LogP) is 3.82. The maximum Gasteiger partial charge on any atom is 0.329 e. The first-order valence-corrected chi connectivity index (χ1v) is 12.6. The minimum Gasteiger partial charge on any atom is -0.495 e. The van der Waals surface area contributed by atoms with Crippen molar-refractivity contribution < 1.29 is 23.5 Å². The Hall–Kier alpha value is -3.43. The molecule has 5 rings (SSSR count). The van der Waals surface area contributed by atoms with E-state index in [4.69, 9.17) is 16.3 Å². The van der Waals surface area contributed by atoms with Gasteiger partial charge >= 0.3 is 6.03 Å². The van der Waals surface area contributed by atoms with Gasteiger partial charge in [-0.05, 0) is 55.7 Å². The van der Waals surface area contributed by atoms with Gasteiger partial charge in [-0.25, -0.2) is 14.1 Å². The van der Waals surface area contributed by atoms with Crippen molar-refractivity contribution in [2.75, 3.05) is 25.1 Å². The molecular formula is C27H28ClFN4O4. The standard InChI is InChI=1S/C27H28ClFN4O4/c1-16-26(35)33(27(36)30-16)23-12-22(28)24(37-2)11-18(23)5-10-25(34)32-20-8-9-21(32)15-31(14-20)13-17-3-6-19(29)7-4-17/h3-7,10-12,16,20-21H,8-9,13-15H2,1-2H3,(H,30,36)/b10-5+/t16?,20-,21+. The van der Waals surface area contributed by atoms with Crippen molar-refractivity contribution in [2.45, 2.75) is 44.4 Å². The predicted molar refractivity (Wildman–Crippen MR) is 138 cm³/mol. The highest BCUT2D eigenvalue weighted by Crippen LogP contribution is 2.36. The lowest BCUT2D eigenvalue weighted by molar-refractivity contribution is -0.131. The SMILES string of the molecule is COc1cc(/C=C/C(=O)N2[C@@H]3CC[C@H]2CN(Cc2ccc(F)cc2)C3)c(N2C(=O)NC(C)C2=O)cc1Cl. The number of benzene rings is 2. The van der Waals surface area contributed by atoms with Gasteiger partial charge in [0.25, 0.3) is 5.91 Å². The van der Waals surface area contributed by atoms with Crippen molar-refractivity contribution in [3.05, 3.63) is 64.4 Å². The summed E-state index contributed by atoms with van der Waals surface area (Å²) in [4.78, 5) is 43.7. The van der Waals surface area contributed by atoms with Crippen LogP contribution in [0.15, 0.2) is 42.5 Å². The Labute approximate surface area is 219 Å². The molecule has 2 bridgehead atoms. The van der Waals surface area contributed by atoms with Crippen molar-refractivity contribution >= 4 is 41.2 Å². The molecule has 3 atom stereocenters. The highest BCUT2D eigenvalue weighted by molar-refractivity contribution is 6.33. The molecule has 2 aromatic rings. The molecule has 3 fully saturated rings. The van der Waals surface area contributed by atoms with Crippen LogP contribution in [0, 0.1) is 5.82 Å². The molecule has 1 unspecified atom stereocenters. The third-order valence-corrected chi connectivity index (χ3v) is 7.51. The Morgan fingerprint density at radius 1 is 1.16 bits per heavy atom. The van der Waals surface area contributed by atoms with Crippen LogP contribution < -0.4 is 15.0 Å². The molecule has 194 valence electrons. The highest BCUT2D eigenvalue weighted by atomic mass is 35.5. The van der Waals surface area contributed by atoms with Crippen molar-refractivity contribution in [3.8, 4) is 5.75 Å². The molecule has 3 aliphatic heterocycles. The fourth-order valence-corrected chi connectivity index (χ4v) is 5.68. The van der Waals surface area contributed by atoms with Crippen LogP contribution in [0.2, 0.25) is 5.02 Å². The minimum absolute atomic E-state index is 0.0855. The fourth-order valence-electron chi connectivity index (χ4n) is 5.45. The number of carbonyl (C=O) groups excluding carboxylic acids is 3. The zero-order valence-corrected chi connectivity index (χ0v) is 21.4. The number of methoxy groups -OCH3 is 1. The number of ether oxygens (including phenoxy) is 1. The summed E-state index contributed by atoms with van der Waals surface area (Å²) in [6.45, 7) is 3.81. The van der Waals surface area contributed by atoms with Gasteiger partial charge in [-0.2, -0.15) is 0 Å². The Morgan fingerprint density at radius 2 is 1.84 bits per heavy atom. The van der Waals surface area contributed by atoms with Crippen LogP contribution in [0.3, 0.4) is 0 Å².